The van der Waals surface area contributed by atoms with Crippen molar-refractivity contribution >= 4 is 11.3 Å². The minimum atomic E-state index is 0.615. The number of nitrogens with one attached hydrogen (secondary N) is 1. The third-order valence-electron chi connectivity index (χ3n) is 2.92. The fraction of sp³-hybridized carbons (Fsp3) is 0.750. The quantitative estimate of drug-likeness (QED) is 0.869. The van der Waals surface area contributed by atoms with Crippen LogP contribution in [0.1, 0.15) is 31.0 Å². The molecule has 0 bridgehead atoms. The van der Waals surface area contributed by atoms with E-state index in [0.717, 1.165) is 32.6 Å². The van der Waals surface area contributed by atoms with Crippen LogP contribution in [0.5, 0.6) is 0 Å². The Morgan fingerprint density at radius 1 is 1.62 bits per heavy atom. The van der Waals surface area contributed by atoms with Crippen LogP contribution in [0.25, 0.3) is 0 Å². The summed E-state index contributed by atoms with van der Waals surface area (Å²) >= 11 is 1.81. The smallest absolute Gasteiger partial charge is 0.107 e. The summed E-state index contributed by atoms with van der Waals surface area (Å²) in [5, 5.41) is 6.95. The number of thiazole rings is 1. The Morgan fingerprint density at radius 3 is 3.25 bits per heavy atom. The van der Waals surface area contributed by atoms with Gasteiger partial charge in [-0.25, -0.2) is 4.98 Å². The van der Waals surface area contributed by atoms with Gasteiger partial charge in [0.2, 0.25) is 0 Å². The Hall–Kier alpha value is -0.450. The topological polar surface area (TPSA) is 28.2 Å². The van der Waals surface area contributed by atoms with E-state index >= 15 is 0 Å². The molecule has 0 aromatic carbocycles. The molecule has 0 amide bonds. The number of aromatic nitrogens is 1. The van der Waals surface area contributed by atoms with Gasteiger partial charge in [-0.3, -0.25) is 4.90 Å². The molecular weight excluding hydrogens is 218 g/mol. The van der Waals surface area contributed by atoms with E-state index in [1.54, 1.807) is 0 Å². The zero-order chi connectivity index (χ0) is 11.4. The first-order valence-corrected chi connectivity index (χ1v) is 7.05. The molecule has 1 aromatic rings. The van der Waals surface area contributed by atoms with Gasteiger partial charge in [0.15, 0.2) is 0 Å². The molecule has 1 aliphatic rings. The van der Waals surface area contributed by atoms with E-state index in [2.05, 4.69) is 34.4 Å². The van der Waals surface area contributed by atoms with Crippen molar-refractivity contribution < 1.29 is 0 Å². The fourth-order valence-electron chi connectivity index (χ4n) is 2.14. The molecule has 1 unspecified atom stereocenters. The van der Waals surface area contributed by atoms with Crippen molar-refractivity contribution in [3.05, 3.63) is 16.1 Å². The van der Waals surface area contributed by atoms with Crippen molar-refractivity contribution in [2.24, 2.45) is 0 Å². The van der Waals surface area contributed by atoms with Crippen LogP contribution < -0.4 is 5.32 Å². The zero-order valence-electron chi connectivity index (χ0n) is 10.2. The van der Waals surface area contributed by atoms with Crippen molar-refractivity contribution in [3.63, 3.8) is 0 Å². The molecule has 16 heavy (non-hydrogen) atoms. The number of nitrogens with zero attached hydrogens (tertiary/aromatic N) is 2. The molecule has 0 spiro atoms. The van der Waals surface area contributed by atoms with Crippen LogP contribution in [0.4, 0.5) is 0 Å². The molecule has 1 atom stereocenters. The van der Waals surface area contributed by atoms with Crippen molar-refractivity contribution in [3.8, 4) is 0 Å². The van der Waals surface area contributed by atoms with E-state index < -0.39 is 0 Å². The molecule has 1 saturated heterocycles. The maximum absolute atomic E-state index is 4.68. The molecule has 4 heteroatoms. The average Bonchev–Trinajstić information content (AvgIpc) is 2.66. The zero-order valence-corrected chi connectivity index (χ0v) is 11.0. The molecule has 1 N–H and O–H groups in total. The highest BCUT2D eigenvalue weighted by Gasteiger charge is 2.16. The Labute approximate surface area is 102 Å². The lowest BCUT2D eigenvalue weighted by Gasteiger charge is -2.31. The van der Waals surface area contributed by atoms with Crippen LogP contribution in [0.3, 0.4) is 0 Å². The van der Waals surface area contributed by atoms with Gasteiger partial charge in [0.25, 0.3) is 0 Å². The van der Waals surface area contributed by atoms with Crippen molar-refractivity contribution in [2.75, 3.05) is 19.6 Å². The molecule has 2 rings (SSSR count). The van der Waals surface area contributed by atoms with Gasteiger partial charge in [0.05, 0.1) is 12.2 Å². The standard InChI is InChI=1S/C12H21N3S/c1-3-4-11-9-16-12(14-11)8-15-6-5-13-10(2)7-15/h9-10,13H,3-8H2,1-2H3. The highest BCUT2D eigenvalue weighted by Crippen LogP contribution is 2.14. The van der Waals surface area contributed by atoms with Gasteiger partial charge in [-0.2, -0.15) is 0 Å². The number of piperazine rings is 1. The van der Waals surface area contributed by atoms with Gasteiger partial charge in [-0.15, -0.1) is 11.3 Å². The second-order valence-corrected chi connectivity index (χ2v) is 5.52. The number of hydrogen-bond donors (Lipinski definition) is 1. The minimum absolute atomic E-state index is 0.615. The van der Waals surface area contributed by atoms with Crippen molar-refractivity contribution in [2.45, 2.75) is 39.3 Å². The molecule has 90 valence electrons. The van der Waals surface area contributed by atoms with Crippen LogP contribution in [-0.4, -0.2) is 35.6 Å². The van der Waals surface area contributed by atoms with Crippen molar-refractivity contribution in [1.82, 2.24) is 15.2 Å². The van der Waals surface area contributed by atoms with Gasteiger partial charge in [-0.05, 0) is 13.3 Å². The predicted octanol–water partition coefficient (Wildman–Crippen LogP) is 1.89. The van der Waals surface area contributed by atoms with Gasteiger partial charge in [0.1, 0.15) is 5.01 Å². The Kier molecular flexibility index (Phi) is 4.32. The Balaban J connectivity index is 1.87. The first kappa shape index (κ1) is 12.0. The summed E-state index contributed by atoms with van der Waals surface area (Å²) in [5.41, 5.74) is 1.27. The van der Waals surface area contributed by atoms with Gasteiger partial charge >= 0.3 is 0 Å². The largest absolute Gasteiger partial charge is 0.312 e. The van der Waals surface area contributed by atoms with Crippen molar-refractivity contribution in [1.29, 1.82) is 0 Å². The number of rotatable bonds is 4. The second kappa shape index (κ2) is 5.75. The third-order valence-corrected chi connectivity index (χ3v) is 3.80. The van der Waals surface area contributed by atoms with E-state index in [-0.39, 0.29) is 0 Å². The van der Waals surface area contributed by atoms with E-state index in [1.165, 1.54) is 17.1 Å². The van der Waals surface area contributed by atoms with Crippen LogP contribution in [-0.2, 0) is 13.0 Å². The maximum atomic E-state index is 4.68. The number of hydrogen-bond acceptors (Lipinski definition) is 4. The first-order valence-electron chi connectivity index (χ1n) is 6.17. The second-order valence-electron chi connectivity index (χ2n) is 4.57. The normalized spacial score (nSPS) is 22.5. The summed E-state index contributed by atoms with van der Waals surface area (Å²) in [6, 6.07) is 0.615. The highest BCUT2D eigenvalue weighted by atomic mass is 32.1. The summed E-state index contributed by atoms with van der Waals surface area (Å²) in [6.07, 6.45) is 2.31. The van der Waals surface area contributed by atoms with Crippen LogP contribution in [0.15, 0.2) is 5.38 Å². The summed E-state index contributed by atoms with van der Waals surface area (Å²) in [6.45, 7) is 8.87. The van der Waals surface area contributed by atoms with Gasteiger partial charge in [-0.1, -0.05) is 13.3 Å². The molecule has 1 aliphatic heterocycles. The maximum Gasteiger partial charge on any atom is 0.107 e. The fourth-order valence-corrected chi connectivity index (χ4v) is 3.01. The van der Waals surface area contributed by atoms with E-state index in [0.29, 0.717) is 6.04 Å². The summed E-state index contributed by atoms with van der Waals surface area (Å²) in [4.78, 5) is 7.17. The lowest BCUT2D eigenvalue weighted by atomic mass is 10.2. The van der Waals surface area contributed by atoms with Crippen LogP contribution >= 0.6 is 11.3 Å². The summed E-state index contributed by atoms with van der Waals surface area (Å²) in [7, 11) is 0. The lowest BCUT2D eigenvalue weighted by Crippen LogP contribution is -2.48. The van der Waals surface area contributed by atoms with Gasteiger partial charge in [0, 0.05) is 31.1 Å². The molecule has 0 aliphatic carbocycles. The Bertz CT molecular complexity index is 324. The average molecular weight is 239 g/mol. The molecular formula is C12H21N3S. The van der Waals surface area contributed by atoms with E-state index in [1.807, 2.05) is 11.3 Å². The molecule has 1 aromatic heterocycles. The summed E-state index contributed by atoms with van der Waals surface area (Å²) < 4.78 is 0. The summed E-state index contributed by atoms with van der Waals surface area (Å²) in [5.74, 6) is 0. The highest BCUT2D eigenvalue weighted by molar-refractivity contribution is 7.09. The molecule has 3 nitrogen and oxygen atoms in total. The molecule has 0 radical (unpaired) electrons. The predicted molar refractivity (Wildman–Crippen MR) is 68.9 cm³/mol. The molecule has 2 heterocycles. The van der Waals surface area contributed by atoms with Gasteiger partial charge < -0.3 is 5.32 Å². The SMILES string of the molecule is CCCc1csc(CN2CCNC(C)C2)n1. The van der Waals surface area contributed by atoms with E-state index in [9.17, 15) is 0 Å². The van der Waals surface area contributed by atoms with Crippen LogP contribution in [0, 0.1) is 0 Å². The first-order chi connectivity index (χ1) is 7.78. The van der Waals surface area contributed by atoms with E-state index in [4.69, 9.17) is 0 Å². The molecule has 0 saturated carbocycles. The monoisotopic (exact) mass is 239 g/mol. The third kappa shape index (κ3) is 3.27. The Morgan fingerprint density at radius 2 is 2.50 bits per heavy atom. The lowest BCUT2D eigenvalue weighted by molar-refractivity contribution is 0.199. The minimum Gasteiger partial charge on any atom is -0.312 e. The van der Waals surface area contributed by atoms with Crippen LogP contribution in [0.2, 0.25) is 0 Å². The molecule has 1 fully saturated rings. The number of aryl methyl sites for hydroxylation is 1.